The molecular weight excluding hydrogens is 552 g/mol. The Hall–Kier alpha value is -5.12. The first-order valence-electron chi connectivity index (χ1n) is 15.2. The molecule has 4 aromatic rings. The molecule has 4 aliphatic rings. The molecule has 2 atom stereocenters. The number of nitrogens with zero attached hydrogens (tertiary/aromatic N) is 8. The summed E-state index contributed by atoms with van der Waals surface area (Å²) in [6.45, 7) is 12.5. The molecule has 0 radical (unpaired) electrons. The summed E-state index contributed by atoms with van der Waals surface area (Å²) in [4.78, 5) is 37.8. The van der Waals surface area contributed by atoms with Gasteiger partial charge in [0.25, 0.3) is 11.1 Å². The maximum atomic E-state index is 14.0. The summed E-state index contributed by atoms with van der Waals surface area (Å²) in [7, 11) is 0. The maximum Gasteiger partial charge on any atom is 0.279 e. The van der Waals surface area contributed by atoms with Gasteiger partial charge in [-0.1, -0.05) is 60.7 Å². The molecule has 6 heterocycles. The zero-order valence-corrected chi connectivity index (χ0v) is 24.5. The van der Waals surface area contributed by atoms with Gasteiger partial charge in [0, 0.05) is 24.9 Å². The number of benzene rings is 2. The number of rotatable bonds is 5. The molecule has 0 saturated carbocycles. The molecule has 44 heavy (non-hydrogen) atoms. The van der Waals surface area contributed by atoms with Crippen molar-refractivity contribution in [3.05, 3.63) is 139 Å². The van der Waals surface area contributed by atoms with E-state index in [1.54, 1.807) is 9.13 Å². The fraction of sp³-hybridized carbons (Fsp3) is 0.294. The van der Waals surface area contributed by atoms with Gasteiger partial charge in [-0.05, 0) is 34.4 Å². The van der Waals surface area contributed by atoms with Gasteiger partial charge in [0.1, 0.15) is 10.7 Å². The van der Waals surface area contributed by atoms with Crippen LogP contribution in [0.15, 0.2) is 93.4 Å². The highest BCUT2D eigenvalue weighted by Crippen LogP contribution is 2.22. The van der Waals surface area contributed by atoms with Crippen LogP contribution < -0.4 is 43.1 Å². The van der Waals surface area contributed by atoms with E-state index < -0.39 is 0 Å². The Kier molecular flexibility index (Phi) is 6.18. The third-order valence-corrected chi connectivity index (χ3v) is 9.30. The van der Waals surface area contributed by atoms with Gasteiger partial charge in [0.15, 0.2) is 0 Å². The fourth-order valence-electron chi connectivity index (χ4n) is 7.19. The molecule has 0 unspecified atom stereocenters. The van der Waals surface area contributed by atoms with Crippen LogP contribution in [-0.4, -0.2) is 44.7 Å². The van der Waals surface area contributed by atoms with Gasteiger partial charge in [0.2, 0.25) is 11.2 Å². The Morgan fingerprint density at radius 1 is 0.659 bits per heavy atom. The van der Waals surface area contributed by atoms with Gasteiger partial charge >= 0.3 is 0 Å². The van der Waals surface area contributed by atoms with Crippen molar-refractivity contribution in [3.8, 4) is 0 Å². The van der Waals surface area contributed by atoms with Crippen molar-refractivity contribution in [3.63, 3.8) is 0 Å². The predicted molar refractivity (Wildman–Crippen MR) is 170 cm³/mol. The van der Waals surface area contributed by atoms with Gasteiger partial charge in [-0.25, -0.2) is 19.3 Å². The van der Waals surface area contributed by atoms with Gasteiger partial charge in [0.05, 0.1) is 39.3 Å². The normalized spacial score (nSPS) is 19.5. The van der Waals surface area contributed by atoms with E-state index in [0.717, 1.165) is 22.3 Å². The second-order valence-electron chi connectivity index (χ2n) is 11.9. The molecule has 0 N–H and O–H groups in total. The summed E-state index contributed by atoms with van der Waals surface area (Å²) in [5.74, 6) is -0.0289. The molecule has 0 bridgehead atoms. The van der Waals surface area contributed by atoms with Crippen LogP contribution in [-0.2, 0) is 26.2 Å². The maximum absolute atomic E-state index is 14.0. The molecule has 2 aromatic carbocycles. The lowest BCUT2D eigenvalue weighted by atomic mass is 9.89. The minimum absolute atomic E-state index is 0.0144. The average molecular weight is 587 g/mol. The minimum Gasteiger partial charge on any atom is -0.305 e. The Morgan fingerprint density at radius 2 is 1.07 bits per heavy atom. The summed E-state index contributed by atoms with van der Waals surface area (Å²) < 4.78 is 7.54. The van der Waals surface area contributed by atoms with Crippen LogP contribution >= 0.6 is 0 Å². The van der Waals surface area contributed by atoms with E-state index in [1.807, 2.05) is 45.8 Å². The highest BCUT2D eigenvalue weighted by molar-refractivity contribution is 5.40. The first-order valence-corrected chi connectivity index (χ1v) is 15.2. The van der Waals surface area contributed by atoms with E-state index in [-0.39, 0.29) is 23.0 Å². The lowest BCUT2D eigenvalue weighted by Crippen LogP contribution is -2.58. The second kappa shape index (κ2) is 10.3. The van der Waals surface area contributed by atoms with E-state index in [9.17, 15) is 9.59 Å². The van der Waals surface area contributed by atoms with Crippen LogP contribution in [0.2, 0.25) is 0 Å². The second-order valence-corrected chi connectivity index (χ2v) is 11.9. The fourth-order valence-corrected chi connectivity index (χ4v) is 7.19. The zero-order valence-electron chi connectivity index (χ0n) is 24.5. The molecule has 222 valence electrons. The lowest BCUT2D eigenvalue weighted by molar-refractivity contribution is 0.399. The minimum atomic E-state index is -0.0504. The molecular formula is C34H34N8O2. The zero-order chi connectivity index (χ0) is 29.9. The van der Waals surface area contributed by atoms with Crippen molar-refractivity contribution >= 4 is 12.2 Å². The van der Waals surface area contributed by atoms with Crippen molar-refractivity contribution in [1.29, 1.82) is 0 Å². The van der Waals surface area contributed by atoms with Gasteiger partial charge in [-0.2, -0.15) is 0 Å². The monoisotopic (exact) mass is 586 g/mol. The largest absolute Gasteiger partial charge is 0.305 e. The molecule has 0 spiro atoms. The average Bonchev–Trinajstić information content (AvgIpc) is 3.26. The number of aromatic nitrogens is 4. The van der Waals surface area contributed by atoms with Crippen LogP contribution in [0.25, 0.3) is 12.2 Å². The topological polar surface area (TPSA) is 85.1 Å². The molecule has 2 aromatic heterocycles. The summed E-state index contributed by atoms with van der Waals surface area (Å²) in [5, 5.41) is 5.55. The lowest BCUT2D eigenvalue weighted by Gasteiger charge is -2.38. The van der Waals surface area contributed by atoms with Gasteiger partial charge < -0.3 is 10.0 Å². The molecule has 0 aliphatic carbocycles. The Labute approximate surface area is 253 Å². The Balaban J connectivity index is 1.27. The number of fused-ring (bicyclic) bond motifs is 8. The van der Waals surface area contributed by atoms with E-state index in [2.05, 4.69) is 59.6 Å². The van der Waals surface area contributed by atoms with Crippen molar-refractivity contribution in [2.24, 2.45) is 21.8 Å². The van der Waals surface area contributed by atoms with E-state index >= 15 is 0 Å². The highest BCUT2D eigenvalue weighted by atomic mass is 16.1. The number of hydrogen-bond acceptors (Lipinski definition) is 6. The smallest absolute Gasteiger partial charge is 0.279 e. The standard InChI is InChI=1S/C34H34N8O2/c1-3-13-37-19-27(15-29-31(43)39-21-25-11-7-5-9-23(25)17-35-33(39)41(29)37)28-16-30-32(44)40-22-26-12-8-6-10-24(26)18-36-34(40)42(30)38(20-28)14-4-2/h3-12,15-16,27-28H,1-2,13-14,17-22H2/t27-,28+. The van der Waals surface area contributed by atoms with Crippen molar-refractivity contribution < 1.29 is 0 Å². The van der Waals surface area contributed by atoms with Crippen LogP contribution in [0.1, 0.15) is 22.3 Å². The molecule has 0 amide bonds. The van der Waals surface area contributed by atoms with Gasteiger partial charge in [-0.15, -0.1) is 13.2 Å². The third-order valence-electron chi connectivity index (χ3n) is 9.30. The van der Waals surface area contributed by atoms with Crippen LogP contribution in [0.4, 0.5) is 0 Å². The van der Waals surface area contributed by atoms with Crippen molar-refractivity contribution in [2.45, 2.75) is 26.2 Å². The first kappa shape index (κ1) is 26.5. The predicted octanol–water partition coefficient (Wildman–Crippen LogP) is -0.255. The first-order chi connectivity index (χ1) is 21.6. The summed E-state index contributed by atoms with van der Waals surface area (Å²) in [6.07, 6.45) is 7.92. The number of imidazole rings is 2. The molecule has 4 aliphatic heterocycles. The Bertz CT molecular complexity index is 2060. The molecule has 8 rings (SSSR count). The van der Waals surface area contributed by atoms with Crippen LogP contribution in [0.3, 0.4) is 0 Å². The summed E-state index contributed by atoms with van der Waals surface area (Å²) >= 11 is 0. The van der Waals surface area contributed by atoms with E-state index in [0.29, 0.717) is 74.3 Å². The van der Waals surface area contributed by atoms with Crippen LogP contribution in [0, 0.1) is 11.8 Å². The molecule has 10 heteroatoms. The Morgan fingerprint density at radius 3 is 1.48 bits per heavy atom. The molecule has 0 fully saturated rings. The van der Waals surface area contributed by atoms with Crippen LogP contribution in [0.5, 0.6) is 0 Å². The summed E-state index contributed by atoms with van der Waals surface area (Å²) in [5.41, 5.74) is 5.73. The molecule has 10 nitrogen and oxygen atoms in total. The quantitative estimate of drug-likeness (QED) is 0.302. The van der Waals surface area contributed by atoms with Crippen molar-refractivity contribution in [2.75, 3.05) is 36.2 Å². The summed E-state index contributed by atoms with van der Waals surface area (Å²) in [6, 6.07) is 16.3. The van der Waals surface area contributed by atoms with Gasteiger partial charge in [-0.3, -0.25) is 18.7 Å². The van der Waals surface area contributed by atoms with Crippen molar-refractivity contribution in [1.82, 2.24) is 18.5 Å². The van der Waals surface area contributed by atoms with E-state index in [1.165, 1.54) is 0 Å². The molecule has 0 saturated heterocycles. The third kappa shape index (κ3) is 4.00. The SMILES string of the molecule is C=CCN1C[C@H]([C@H]2C=c3c(=O)n4c(n3N(CC=C)C2)=NCc2ccccc2C4)C=c2c(=O)n3c(n21)=NCc1ccccc1C3. The van der Waals surface area contributed by atoms with E-state index in [4.69, 9.17) is 9.98 Å². The number of hydrogen-bond donors (Lipinski definition) is 0. The highest BCUT2D eigenvalue weighted by Gasteiger charge is 2.33.